The molecule has 15 heavy (non-hydrogen) atoms. The van der Waals surface area contributed by atoms with E-state index in [0.717, 1.165) is 0 Å². The third-order valence-electron chi connectivity index (χ3n) is 1.71. The Balaban J connectivity index is 2.30. The van der Waals surface area contributed by atoms with E-state index in [9.17, 15) is 9.46 Å². The normalized spacial score (nSPS) is 15.1. The van der Waals surface area contributed by atoms with E-state index in [4.69, 9.17) is 0 Å². The molecule has 0 aliphatic carbocycles. The molecule has 0 aliphatic heterocycles. The monoisotopic (exact) mass is 234 g/mol. The van der Waals surface area contributed by atoms with Crippen molar-refractivity contribution in [3.8, 4) is 0 Å². The zero-order chi connectivity index (χ0) is 11.3. The van der Waals surface area contributed by atoms with E-state index in [1.807, 2.05) is 34.9 Å². The number of nitrogens with zero attached hydrogens (tertiary/aromatic N) is 2. The Bertz CT molecular complexity index is 352. The van der Waals surface area contributed by atoms with E-state index in [1.165, 1.54) is 0 Å². The van der Waals surface area contributed by atoms with Gasteiger partial charge in [0.2, 0.25) is 6.33 Å². The molecule has 0 aromatic carbocycles. The third-order valence-corrected chi connectivity index (χ3v) is 2.78. The summed E-state index contributed by atoms with van der Waals surface area (Å²) in [6.07, 6.45) is 5.53. The van der Waals surface area contributed by atoms with Gasteiger partial charge in [-0.05, 0) is 6.92 Å². The van der Waals surface area contributed by atoms with Crippen molar-refractivity contribution in [2.45, 2.75) is 13.5 Å². The summed E-state index contributed by atoms with van der Waals surface area (Å²) in [6, 6.07) is 0. The Labute approximate surface area is 88.7 Å². The summed E-state index contributed by atoms with van der Waals surface area (Å²) in [6.45, 7) is 2.24. The molecule has 0 bridgehead atoms. The first-order valence-corrected chi connectivity index (χ1v) is 6.10. The van der Waals surface area contributed by atoms with Crippen molar-refractivity contribution in [2.24, 2.45) is 7.05 Å². The average molecular weight is 234 g/mol. The minimum absolute atomic E-state index is 0.0788. The summed E-state index contributed by atoms with van der Waals surface area (Å²) in [4.78, 5) is 11.0. The molecule has 0 spiro atoms. The van der Waals surface area contributed by atoms with Gasteiger partial charge in [0.05, 0.1) is 20.3 Å². The molecule has 1 aromatic rings. The number of imidazole rings is 1. The Morgan fingerprint density at radius 3 is 2.80 bits per heavy atom. The molecule has 7 heteroatoms. The van der Waals surface area contributed by atoms with Crippen molar-refractivity contribution < 1.29 is 23.1 Å². The molecular formula is C8H15N2O4P. The molecule has 86 valence electrons. The quantitative estimate of drug-likeness (QED) is 0.506. The van der Waals surface area contributed by atoms with Crippen molar-refractivity contribution in [3.63, 3.8) is 0 Å². The number of aromatic nitrogens is 2. The van der Waals surface area contributed by atoms with Crippen LogP contribution in [0.4, 0.5) is 0 Å². The largest absolute Gasteiger partial charge is 0.756 e. The van der Waals surface area contributed by atoms with E-state index >= 15 is 0 Å². The van der Waals surface area contributed by atoms with Gasteiger partial charge in [0, 0.05) is 0 Å². The second-order valence-electron chi connectivity index (χ2n) is 3.02. The lowest BCUT2D eigenvalue weighted by molar-refractivity contribution is -0.671. The maximum atomic E-state index is 11.0. The Kier molecular flexibility index (Phi) is 4.47. The smallest absolute Gasteiger partial charge is 0.267 e. The van der Waals surface area contributed by atoms with Crippen molar-refractivity contribution in [2.75, 3.05) is 13.2 Å². The highest BCUT2D eigenvalue weighted by atomic mass is 31.2. The number of hydrogen-bond donors (Lipinski definition) is 0. The topological polar surface area (TPSA) is 67.4 Å². The first kappa shape index (κ1) is 12.4. The van der Waals surface area contributed by atoms with Crippen LogP contribution in [0.3, 0.4) is 0 Å². The van der Waals surface area contributed by atoms with Crippen LogP contribution in [0.5, 0.6) is 0 Å². The highest BCUT2D eigenvalue weighted by molar-refractivity contribution is 7.45. The van der Waals surface area contributed by atoms with Crippen LogP contribution in [0.2, 0.25) is 0 Å². The molecule has 1 atom stereocenters. The Morgan fingerprint density at radius 1 is 1.53 bits per heavy atom. The van der Waals surface area contributed by atoms with E-state index in [-0.39, 0.29) is 13.2 Å². The minimum atomic E-state index is -4.09. The summed E-state index contributed by atoms with van der Waals surface area (Å²) in [5.41, 5.74) is 0. The molecule has 1 aromatic heterocycles. The van der Waals surface area contributed by atoms with Gasteiger partial charge in [0.15, 0.2) is 0 Å². The predicted octanol–water partition coefficient (Wildman–Crippen LogP) is -0.166. The van der Waals surface area contributed by atoms with E-state index in [1.54, 1.807) is 6.92 Å². The summed E-state index contributed by atoms with van der Waals surface area (Å²) in [5, 5.41) is 0. The zero-order valence-electron chi connectivity index (χ0n) is 8.83. The third kappa shape index (κ3) is 4.57. The Morgan fingerprint density at radius 2 is 2.27 bits per heavy atom. The fraction of sp³-hybridized carbons (Fsp3) is 0.625. The van der Waals surface area contributed by atoms with Crippen LogP contribution in [0.25, 0.3) is 0 Å². The fourth-order valence-corrected chi connectivity index (χ4v) is 1.78. The van der Waals surface area contributed by atoms with Crippen LogP contribution in [0.15, 0.2) is 18.7 Å². The highest BCUT2D eigenvalue weighted by Gasteiger charge is 2.08. The van der Waals surface area contributed by atoms with E-state index in [0.29, 0.717) is 6.54 Å². The number of phosphoric acid groups is 1. The average Bonchev–Trinajstić information content (AvgIpc) is 2.51. The van der Waals surface area contributed by atoms with Gasteiger partial charge in [-0.25, -0.2) is 9.13 Å². The summed E-state index contributed by atoms with van der Waals surface area (Å²) >= 11 is 0. The molecule has 1 rings (SSSR count). The van der Waals surface area contributed by atoms with Crippen LogP contribution in [0, 0.1) is 0 Å². The van der Waals surface area contributed by atoms with E-state index < -0.39 is 7.82 Å². The summed E-state index contributed by atoms with van der Waals surface area (Å²) < 4.78 is 23.7. The van der Waals surface area contributed by atoms with Gasteiger partial charge in [-0.3, -0.25) is 4.57 Å². The molecular weight excluding hydrogens is 219 g/mol. The van der Waals surface area contributed by atoms with Crippen LogP contribution >= 0.6 is 7.82 Å². The fourth-order valence-electron chi connectivity index (χ4n) is 1.09. The molecule has 0 N–H and O–H groups in total. The molecule has 0 radical (unpaired) electrons. The van der Waals surface area contributed by atoms with Gasteiger partial charge in [0.25, 0.3) is 7.82 Å². The van der Waals surface area contributed by atoms with Crippen molar-refractivity contribution in [1.29, 1.82) is 0 Å². The number of hydrogen-bond acceptors (Lipinski definition) is 4. The van der Waals surface area contributed by atoms with E-state index in [2.05, 4.69) is 9.05 Å². The molecule has 0 fully saturated rings. The van der Waals surface area contributed by atoms with Gasteiger partial charge < -0.3 is 13.9 Å². The molecule has 0 aliphatic rings. The minimum Gasteiger partial charge on any atom is -0.756 e. The second kappa shape index (κ2) is 5.42. The van der Waals surface area contributed by atoms with Crippen LogP contribution in [-0.4, -0.2) is 17.8 Å². The SMILES string of the molecule is CCOP(=O)([O-])OCCn1cc[n+](C)c1. The lowest BCUT2D eigenvalue weighted by atomic mass is 10.7. The molecule has 6 nitrogen and oxygen atoms in total. The number of aryl methyl sites for hydroxylation is 1. The lowest BCUT2D eigenvalue weighted by Gasteiger charge is -2.20. The van der Waals surface area contributed by atoms with Crippen LogP contribution < -0.4 is 9.46 Å². The molecule has 1 heterocycles. The molecule has 0 saturated heterocycles. The van der Waals surface area contributed by atoms with Crippen LogP contribution in [-0.2, 0) is 27.2 Å². The number of rotatable bonds is 6. The molecule has 0 amide bonds. The maximum Gasteiger partial charge on any atom is 0.267 e. The maximum absolute atomic E-state index is 11.0. The van der Waals surface area contributed by atoms with Gasteiger partial charge in [-0.1, -0.05) is 0 Å². The first-order valence-electron chi connectivity index (χ1n) is 4.64. The lowest BCUT2D eigenvalue weighted by Crippen LogP contribution is -2.24. The van der Waals surface area contributed by atoms with Gasteiger partial charge in [-0.2, -0.15) is 0 Å². The second-order valence-corrected chi connectivity index (χ2v) is 4.43. The highest BCUT2D eigenvalue weighted by Crippen LogP contribution is 2.37. The van der Waals surface area contributed by atoms with Crippen molar-refractivity contribution in [1.82, 2.24) is 4.57 Å². The first-order chi connectivity index (χ1) is 7.03. The predicted molar refractivity (Wildman–Crippen MR) is 50.8 cm³/mol. The van der Waals surface area contributed by atoms with Gasteiger partial charge in [0.1, 0.15) is 18.9 Å². The molecule has 1 unspecified atom stereocenters. The number of phosphoric ester groups is 1. The zero-order valence-corrected chi connectivity index (χ0v) is 9.72. The Hall–Kier alpha value is -0.680. The molecule has 0 saturated carbocycles. The summed E-state index contributed by atoms with van der Waals surface area (Å²) in [7, 11) is -2.21. The van der Waals surface area contributed by atoms with Crippen molar-refractivity contribution >= 4 is 7.82 Å². The van der Waals surface area contributed by atoms with Gasteiger partial charge in [-0.15, -0.1) is 0 Å². The standard InChI is InChI=1S/C8H15N2O4P/c1-3-13-15(11,12)14-7-6-10-5-4-9(2)8-10/h4-5,8H,3,6-7H2,1-2H3. The van der Waals surface area contributed by atoms with Crippen LogP contribution in [0.1, 0.15) is 6.92 Å². The summed E-state index contributed by atoms with van der Waals surface area (Å²) in [5.74, 6) is 0. The van der Waals surface area contributed by atoms with Gasteiger partial charge >= 0.3 is 0 Å². The van der Waals surface area contributed by atoms with Crippen molar-refractivity contribution in [3.05, 3.63) is 18.7 Å².